The van der Waals surface area contributed by atoms with Crippen molar-refractivity contribution in [2.24, 2.45) is 11.8 Å². The van der Waals surface area contributed by atoms with Crippen LogP contribution >= 0.6 is 0 Å². The second-order valence-electron chi connectivity index (χ2n) is 16.0. The highest BCUT2D eigenvalue weighted by Gasteiger charge is 2.55. The molecule has 13 nitrogen and oxygen atoms in total. The molecular weight excluding hydrogens is 727 g/mol. The number of ether oxygens (including phenoxy) is 4. The molecule has 2 aliphatic rings. The number of carbonyl (C=O) groups excluding carboxylic acids is 3. The highest BCUT2D eigenvalue weighted by molar-refractivity contribution is 5.92. The van der Waals surface area contributed by atoms with Gasteiger partial charge in [-0.2, -0.15) is 5.01 Å². The maximum atomic E-state index is 12.5. The summed E-state index contributed by atoms with van der Waals surface area (Å²) < 4.78 is 22.2. The number of benzene rings is 1. The monoisotopic (exact) mass is 796 g/mol. The number of Topliss-reactive ketones (excluding diaryl/α,β-unsaturated/α-hetero) is 1. The molecule has 1 aromatic carbocycles. The summed E-state index contributed by atoms with van der Waals surface area (Å²) >= 11 is 0. The van der Waals surface area contributed by atoms with Gasteiger partial charge in [0.1, 0.15) is 18.2 Å². The molecule has 2 saturated heterocycles. The Morgan fingerprint density at radius 2 is 1.96 bits per heavy atom. The van der Waals surface area contributed by atoms with Crippen LogP contribution in [0.15, 0.2) is 54.3 Å². The summed E-state index contributed by atoms with van der Waals surface area (Å²) in [4.78, 5) is 42.6. The quantitative estimate of drug-likeness (QED) is 0.0531. The number of nitrogens with zero attached hydrogens (tertiary/aromatic N) is 3. The van der Waals surface area contributed by atoms with Gasteiger partial charge >= 0.3 is 6.09 Å². The molecule has 57 heavy (non-hydrogen) atoms. The molecule has 3 heterocycles. The van der Waals surface area contributed by atoms with Gasteiger partial charge in [0.15, 0.2) is 6.29 Å². The number of cyclic esters (lactones) is 1. The molecular formula is C44H69N5O8. The van der Waals surface area contributed by atoms with Crippen LogP contribution in [0, 0.1) is 11.8 Å². The van der Waals surface area contributed by atoms with Gasteiger partial charge in [-0.25, -0.2) is 10.2 Å². The third kappa shape index (κ3) is 14.3. The lowest BCUT2D eigenvalue weighted by Gasteiger charge is -2.51. The standard InChI is InChI=1S/C36H52N4O6.C8H17NO2/c1-8-33(44-6)36(5)40(34(43)46-36)39-24-30(26(2)22-35(4,45-7)18-16-32(42)27(3)25-41)17-20-37-19-12-11-13-28-21-29-14-9-10-15-31(29)38-23-28;1-6-4-7(9(2)3)5-8(10)11-6/h9-11,13-15,17,21,23,25-27,33,37,39H,8,12,16,18-20,22,24H2,1-7H3;6-8,10H,4-5H2,1-3H3/b13-11+,30-17-;/t26-,27?,33-,35+,36-;/m1./s1. The third-order valence-corrected chi connectivity index (χ3v) is 11.2. The van der Waals surface area contributed by atoms with Crippen molar-refractivity contribution in [3.05, 3.63) is 59.8 Å². The molecule has 0 spiro atoms. The number of hydrogen-bond donors (Lipinski definition) is 3. The minimum absolute atomic E-state index is 0.0612. The van der Waals surface area contributed by atoms with Crippen LogP contribution < -0.4 is 10.7 Å². The van der Waals surface area contributed by atoms with Crippen LogP contribution in [0.1, 0.15) is 92.1 Å². The molecule has 13 heteroatoms. The summed E-state index contributed by atoms with van der Waals surface area (Å²) in [6.07, 6.45) is 12.6. The van der Waals surface area contributed by atoms with Gasteiger partial charge in [0, 0.05) is 57.8 Å². The van der Waals surface area contributed by atoms with Gasteiger partial charge in [-0.05, 0) is 104 Å². The molecule has 4 unspecified atom stereocenters. The molecule has 1 aromatic heterocycles. The Kier molecular flexibility index (Phi) is 19.4. The molecule has 0 saturated carbocycles. The topological polar surface area (TPSA) is 152 Å². The van der Waals surface area contributed by atoms with E-state index in [4.69, 9.17) is 18.9 Å². The summed E-state index contributed by atoms with van der Waals surface area (Å²) in [6.45, 7) is 13.4. The highest BCUT2D eigenvalue weighted by Crippen LogP contribution is 2.35. The number of pyridine rings is 1. The number of aliphatic hydroxyl groups excluding tert-OH is 1. The van der Waals surface area contributed by atoms with Crippen molar-refractivity contribution >= 4 is 35.1 Å². The lowest BCUT2D eigenvalue weighted by atomic mass is 9.83. The number of rotatable bonds is 22. The zero-order valence-corrected chi connectivity index (χ0v) is 36.0. The lowest BCUT2D eigenvalue weighted by Crippen LogP contribution is -2.73. The largest absolute Gasteiger partial charge is 0.430 e. The molecule has 4 rings (SSSR count). The van der Waals surface area contributed by atoms with Gasteiger partial charge in [-0.15, -0.1) is 0 Å². The van der Waals surface area contributed by atoms with E-state index in [1.165, 1.54) is 5.01 Å². The van der Waals surface area contributed by atoms with Gasteiger partial charge in [0.25, 0.3) is 0 Å². The van der Waals surface area contributed by atoms with Crippen LogP contribution in [0.4, 0.5) is 4.79 Å². The van der Waals surface area contributed by atoms with Crippen LogP contribution in [0.5, 0.6) is 0 Å². The van der Waals surface area contributed by atoms with Crippen molar-refractivity contribution in [2.45, 2.75) is 122 Å². The Morgan fingerprint density at radius 3 is 2.60 bits per heavy atom. The lowest BCUT2D eigenvalue weighted by molar-refractivity contribution is -0.249. The smallest absolute Gasteiger partial charge is 0.417 e. The number of nitrogens with one attached hydrogen (secondary N) is 2. The Labute approximate surface area is 340 Å². The van der Waals surface area contributed by atoms with E-state index in [0.29, 0.717) is 44.7 Å². The Morgan fingerprint density at radius 1 is 1.23 bits per heavy atom. The number of fused-ring (bicyclic) bond motifs is 1. The number of aromatic nitrogens is 1. The second kappa shape index (κ2) is 23.1. The van der Waals surface area contributed by atoms with E-state index in [1.807, 2.05) is 66.2 Å². The Bertz CT molecular complexity index is 1620. The number of methoxy groups -OCH3 is 2. The molecule has 3 N–H and O–H groups in total. The van der Waals surface area contributed by atoms with E-state index >= 15 is 0 Å². The minimum Gasteiger partial charge on any atom is -0.417 e. The van der Waals surface area contributed by atoms with Crippen LogP contribution in [0.3, 0.4) is 0 Å². The molecule has 2 fully saturated rings. The van der Waals surface area contributed by atoms with E-state index < -0.39 is 29.6 Å². The molecule has 0 aliphatic carbocycles. The molecule has 2 aliphatic heterocycles. The number of para-hydroxylation sites is 1. The number of hydrazine groups is 1. The minimum atomic E-state index is -0.906. The molecule has 0 bridgehead atoms. The molecule has 318 valence electrons. The van der Waals surface area contributed by atoms with Gasteiger partial charge < -0.3 is 39.1 Å². The Hall–Kier alpha value is -3.56. The van der Waals surface area contributed by atoms with Crippen molar-refractivity contribution in [3.8, 4) is 0 Å². The Balaban J connectivity index is 0.000000679. The fourth-order valence-electron chi connectivity index (χ4n) is 7.38. The summed E-state index contributed by atoms with van der Waals surface area (Å²) in [5, 5.41) is 15.4. The first-order chi connectivity index (χ1) is 27.1. The third-order valence-electron chi connectivity index (χ3n) is 11.2. The normalized spacial score (nSPS) is 23.9. The fourth-order valence-corrected chi connectivity index (χ4v) is 7.38. The number of carbonyl (C=O) groups is 3. The highest BCUT2D eigenvalue weighted by atomic mass is 16.7. The van der Waals surface area contributed by atoms with E-state index in [9.17, 15) is 19.5 Å². The fraction of sp³-hybridized carbons (Fsp3) is 0.636. The van der Waals surface area contributed by atoms with Crippen molar-refractivity contribution in [1.29, 1.82) is 0 Å². The van der Waals surface area contributed by atoms with E-state index in [2.05, 4.69) is 57.9 Å². The van der Waals surface area contributed by atoms with Crippen molar-refractivity contribution in [2.75, 3.05) is 47.9 Å². The van der Waals surface area contributed by atoms with E-state index in [0.717, 1.165) is 47.8 Å². The predicted octanol–water partition coefficient (Wildman–Crippen LogP) is 6.30. The van der Waals surface area contributed by atoms with Gasteiger partial charge in [0.2, 0.25) is 5.72 Å². The number of hydrogen-bond acceptors (Lipinski definition) is 12. The number of aliphatic hydroxyl groups is 1. The number of aldehydes is 1. The van der Waals surface area contributed by atoms with Crippen molar-refractivity contribution < 1.29 is 38.4 Å². The van der Waals surface area contributed by atoms with Gasteiger partial charge in [-0.1, -0.05) is 55.8 Å². The predicted molar refractivity (Wildman–Crippen MR) is 224 cm³/mol. The molecule has 8 atom stereocenters. The average Bonchev–Trinajstić information content (AvgIpc) is 3.18. The van der Waals surface area contributed by atoms with Crippen LogP contribution in [-0.2, 0) is 28.5 Å². The summed E-state index contributed by atoms with van der Waals surface area (Å²) in [7, 11) is 7.34. The maximum absolute atomic E-state index is 12.5. The molecule has 1 amide bonds. The zero-order valence-electron chi connectivity index (χ0n) is 36.0. The summed E-state index contributed by atoms with van der Waals surface area (Å²) in [5.41, 5.74) is 4.96. The maximum Gasteiger partial charge on any atom is 0.430 e. The van der Waals surface area contributed by atoms with Gasteiger partial charge in [0.05, 0.1) is 23.1 Å². The first-order valence-electron chi connectivity index (χ1n) is 20.3. The van der Waals surface area contributed by atoms with Crippen LogP contribution in [0.25, 0.3) is 17.0 Å². The van der Waals surface area contributed by atoms with Crippen LogP contribution in [0.2, 0.25) is 0 Å². The summed E-state index contributed by atoms with van der Waals surface area (Å²) in [5.74, 6) is -0.642. The average molecular weight is 796 g/mol. The first kappa shape index (κ1) is 47.8. The molecule has 0 radical (unpaired) electrons. The number of amides is 1. The van der Waals surface area contributed by atoms with Crippen LogP contribution in [-0.4, -0.2) is 122 Å². The first-order valence-corrected chi connectivity index (χ1v) is 20.3. The number of ketones is 1. The zero-order chi connectivity index (χ0) is 42.2. The van der Waals surface area contributed by atoms with E-state index in [1.54, 1.807) is 21.1 Å². The van der Waals surface area contributed by atoms with Crippen molar-refractivity contribution in [1.82, 2.24) is 25.6 Å². The van der Waals surface area contributed by atoms with E-state index in [-0.39, 0.29) is 30.3 Å². The molecule has 2 aromatic rings. The summed E-state index contributed by atoms with van der Waals surface area (Å²) in [6, 6.07) is 10.7. The SMILES string of the molecule is CC1CC(N(C)C)CC(O)O1.CC[C@@H](OC)[C@@]1(C)OC(=O)N1NC/C(=C/CNCC/C=C/c1cnc2ccccc2c1)[C@H](C)C[C@](C)(CCC(=O)C(C)C=O)OC. The second-order valence-corrected chi connectivity index (χ2v) is 16.0. The van der Waals surface area contributed by atoms with Crippen molar-refractivity contribution in [3.63, 3.8) is 0 Å². The van der Waals surface area contributed by atoms with Gasteiger partial charge in [-0.3, -0.25) is 9.78 Å².